The first-order valence-corrected chi connectivity index (χ1v) is 9.97. The highest BCUT2D eigenvalue weighted by Crippen LogP contribution is 2.79. The van der Waals surface area contributed by atoms with Crippen LogP contribution in [0.1, 0.15) is 34.1 Å². The van der Waals surface area contributed by atoms with Gasteiger partial charge in [-0.05, 0) is 27.7 Å². The van der Waals surface area contributed by atoms with E-state index in [1.165, 1.54) is 27.7 Å². The Morgan fingerprint density at radius 1 is 0.905 bits per heavy atom. The average molecular weight is 346 g/mol. The first-order chi connectivity index (χ1) is 9.80. The molecule has 0 aliphatic carbocycles. The molecule has 21 heavy (non-hydrogen) atoms. The molecule has 6 nitrogen and oxygen atoms in total. The lowest BCUT2D eigenvalue weighted by molar-refractivity contribution is 0.136. The molecule has 0 fully saturated rings. The number of alkyl halides is 1. The van der Waals surface area contributed by atoms with Crippen LogP contribution in [-0.2, 0) is 27.2 Å². The Hall–Kier alpha value is -0.0300. The molecule has 0 aromatic carbocycles. The lowest BCUT2D eigenvalue weighted by Crippen LogP contribution is -2.28. The highest BCUT2D eigenvalue weighted by Gasteiger charge is 2.66. The largest absolute Gasteiger partial charge is 0.380 e. The maximum atomic E-state index is 15.5. The number of allylic oxidation sites excluding steroid dienone is 1. The molecule has 0 saturated heterocycles. The van der Waals surface area contributed by atoms with Gasteiger partial charge in [-0.3, -0.25) is 9.13 Å². The van der Waals surface area contributed by atoms with E-state index >= 15 is 4.39 Å². The molecule has 0 saturated carbocycles. The molecule has 0 N–H and O–H groups in total. The molecule has 0 radical (unpaired) electrons. The number of hydrogen-bond donors (Lipinski definition) is 0. The normalized spacial score (nSPS) is 13.4. The minimum absolute atomic E-state index is 0.0711. The smallest absolute Gasteiger partial charge is 0.306 e. The molecule has 0 spiro atoms. The zero-order valence-electron chi connectivity index (χ0n) is 13.0. The third kappa shape index (κ3) is 4.47. The second-order valence-corrected chi connectivity index (χ2v) is 8.67. The van der Waals surface area contributed by atoms with Crippen molar-refractivity contribution in [1.29, 1.82) is 0 Å². The summed E-state index contributed by atoms with van der Waals surface area (Å²) >= 11 is 0. The van der Waals surface area contributed by atoms with E-state index in [0.29, 0.717) is 0 Å². The monoisotopic (exact) mass is 346 g/mol. The highest BCUT2D eigenvalue weighted by molar-refractivity contribution is 7.73. The van der Waals surface area contributed by atoms with Gasteiger partial charge in [0.25, 0.3) is 0 Å². The van der Waals surface area contributed by atoms with Gasteiger partial charge in [-0.25, -0.2) is 4.39 Å². The maximum Gasteiger partial charge on any atom is 0.380 e. The second-order valence-electron chi connectivity index (χ2n) is 3.88. The van der Waals surface area contributed by atoms with Gasteiger partial charge in [0.2, 0.25) is 0 Å². The molecule has 0 heterocycles. The van der Waals surface area contributed by atoms with E-state index in [1.807, 2.05) is 0 Å². The van der Waals surface area contributed by atoms with E-state index < -0.39 is 26.8 Å². The zero-order chi connectivity index (χ0) is 16.6. The van der Waals surface area contributed by atoms with Crippen LogP contribution in [0.4, 0.5) is 4.39 Å². The van der Waals surface area contributed by atoms with Crippen LogP contribution in [0.15, 0.2) is 12.7 Å². The first-order valence-electron chi connectivity index (χ1n) is 6.88. The summed E-state index contributed by atoms with van der Waals surface area (Å²) < 4.78 is 61.2. The van der Waals surface area contributed by atoms with Crippen molar-refractivity contribution >= 4 is 15.2 Å². The molecule has 0 aromatic heterocycles. The van der Waals surface area contributed by atoms with Crippen LogP contribution < -0.4 is 0 Å². The van der Waals surface area contributed by atoms with E-state index in [2.05, 4.69) is 6.58 Å². The summed E-state index contributed by atoms with van der Waals surface area (Å²) in [5, 5.41) is -2.93. The standard InChI is InChI=1S/C12H25FO6P2/c1-6-11-12(13,20(14,16-7-2)17-8-3)21(15,18-9-4)19-10-5/h6H,1,7-11H2,2-5H3. The molecular formula is C12H25FO6P2. The number of hydrogen-bond acceptors (Lipinski definition) is 6. The van der Waals surface area contributed by atoms with Crippen LogP contribution in [-0.4, -0.2) is 31.6 Å². The Morgan fingerprint density at radius 3 is 1.38 bits per heavy atom. The van der Waals surface area contributed by atoms with Crippen molar-refractivity contribution in [3.8, 4) is 0 Å². The van der Waals surface area contributed by atoms with E-state index in [4.69, 9.17) is 18.1 Å². The average Bonchev–Trinajstić information content (AvgIpc) is 2.39. The minimum atomic E-state index is -4.39. The van der Waals surface area contributed by atoms with Gasteiger partial charge in [-0.15, -0.1) is 6.58 Å². The Balaban J connectivity index is 6.01. The fraction of sp³-hybridized carbons (Fsp3) is 0.833. The lowest BCUT2D eigenvalue weighted by Gasteiger charge is -2.35. The highest BCUT2D eigenvalue weighted by atomic mass is 31.2. The molecule has 9 heteroatoms. The molecule has 0 aromatic rings. The van der Waals surface area contributed by atoms with E-state index in [-0.39, 0.29) is 26.4 Å². The Morgan fingerprint density at radius 2 is 1.19 bits per heavy atom. The van der Waals surface area contributed by atoms with Gasteiger partial charge in [0, 0.05) is 6.42 Å². The summed E-state index contributed by atoms with van der Waals surface area (Å²) in [6.07, 6.45) is 0.608. The van der Waals surface area contributed by atoms with Crippen molar-refractivity contribution < 1.29 is 31.6 Å². The van der Waals surface area contributed by atoms with E-state index in [9.17, 15) is 9.13 Å². The molecule has 0 aliphatic rings. The predicted octanol–water partition coefficient (Wildman–Crippen LogP) is 4.72. The van der Waals surface area contributed by atoms with Crippen molar-refractivity contribution in [3.63, 3.8) is 0 Å². The van der Waals surface area contributed by atoms with Gasteiger partial charge >= 0.3 is 20.3 Å². The molecule has 126 valence electrons. The van der Waals surface area contributed by atoms with Crippen LogP contribution in [0.5, 0.6) is 0 Å². The van der Waals surface area contributed by atoms with Crippen LogP contribution in [0.2, 0.25) is 0 Å². The summed E-state index contributed by atoms with van der Waals surface area (Å²) in [6.45, 7) is 9.26. The van der Waals surface area contributed by atoms with E-state index in [1.54, 1.807) is 0 Å². The SMILES string of the molecule is C=CCC(F)(P(=O)(OCC)OCC)P(=O)(OCC)OCC. The zero-order valence-corrected chi connectivity index (χ0v) is 14.8. The second kappa shape index (κ2) is 9.19. The van der Waals surface area contributed by atoms with Gasteiger partial charge in [-0.1, -0.05) is 6.08 Å². The third-order valence-corrected chi connectivity index (χ3v) is 8.35. The topological polar surface area (TPSA) is 71.1 Å². The third-order valence-electron chi connectivity index (χ3n) is 2.44. The van der Waals surface area contributed by atoms with Crippen molar-refractivity contribution in [2.75, 3.05) is 26.4 Å². The summed E-state index contributed by atoms with van der Waals surface area (Å²) in [5.41, 5.74) is 0. The minimum Gasteiger partial charge on any atom is -0.306 e. The molecule has 0 amide bonds. The lowest BCUT2D eigenvalue weighted by atomic mass is 10.5. The first kappa shape index (κ1) is 21.0. The Labute approximate surface area is 126 Å². The van der Waals surface area contributed by atoms with Gasteiger partial charge in [0.1, 0.15) is 0 Å². The summed E-state index contributed by atoms with van der Waals surface area (Å²) in [7, 11) is -8.78. The van der Waals surface area contributed by atoms with E-state index in [0.717, 1.165) is 6.08 Å². The maximum absolute atomic E-state index is 15.5. The van der Waals surface area contributed by atoms with Gasteiger partial charge in [0.05, 0.1) is 26.4 Å². The van der Waals surface area contributed by atoms with Gasteiger partial charge in [-0.2, -0.15) is 0 Å². The van der Waals surface area contributed by atoms with Crippen molar-refractivity contribution in [2.24, 2.45) is 0 Å². The summed E-state index contributed by atoms with van der Waals surface area (Å²) in [4.78, 5) is 0. The molecule has 0 unspecified atom stereocenters. The van der Waals surface area contributed by atoms with Crippen LogP contribution in [0.25, 0.3) is 0 Å². The van der Waals surface area contributed by atoms with Crippen LogP contribution in [0.3, 0.4) is 0 Å². The van der Waals surface area contributed by atoms with Crippen molar-refractivity contribution in [2.45, 2.75) is 39.3 Å². The Bertz CT molecular complexity index is 365. The quantitative estimate of drug-likeness (QED) is 0.376. The molecule has 0 bridgehead atoms. The summed E-state index contributed by atoms with van der Waals surface area (Å²) in [6, 6.07) is 0. The van der Waals surface area contributed by atoms with Gasteiger partial charge in [0.15, 0.2) is 0 Å². The van der Waals surface area contributed by atoms with Crippen molar-refractivity contribution in [3.05, 3.63) is 12.7 Å². The Kier molecular flexibility index (Phi) is 9.17. The van der Waals surface area contributed by atoms with Crippen LogP contribution >= 0.6 is 15.2 Å². The fourth-order valence-corrected chi connectivity index (χ4v) is 6.61. The molecule has 0 atom stereocenters. The number of rotatable bonds is 12. The van der Waals surface area contributed by atoms with Gasteiger partial charge < -0.3 is 18.1 Å². The molecule has 0 rings (SSSR count). The fourth-order valence-electron chi connectivity index (χ4n) is 1.71. The predicted molar refractivity (Wildman–Crippen MR) is 80.4 cm³/mol. The number of halogens is 1. The summed E-state index contributed by atoms with van der Waals surface area (Å²) in [5.74, 6) is 0. The van der Waals surface area contributed by atoms with Crippen molar-refractivity contribution in [1.82, 2.24) is 0 Å². The van der Waals surface area contributed by atoms with Crippen LogP contribution in [0, 0.1) is 0 Å². The molecule has 0 aliphatic heterocycles. The molecular weight excluding hydrogens is 321 g/mol.